The van der Waals surface area contributed by atoms with Gasteiger partial charge in [-0.3, -0.25) is 10.2 Å². The highest BCUT2D eigenvalue weighted by atomic mass is 32.1. The molecule has 0 aromatic carbocycles. The van der Waals surface area contributed by atoms with Crippen LogP contribution < -0.4 is 16.3 Å². The Morgan fingerprint density at radius 2 is 2.35 bits per heavy atom. The molecule has 3 atom stereocenters. The molecule has 23 heavy (non-hydrogen) atoms. The van der Waals surface area contributed by atoms with Crippen molar-refractivity contribution in [1.29, 1.82) is 0 Å². The molecule has 5 nitrogen and oxygen atoms in total. The van der Waals surface area contributed by atoms with Gasteiger partial charge < -0.3 is 5.32 Å². The van der Waals surface area contributed by atoms with Gasteiger partial charge in [-0.25, -0.2) is 9.66 Å². The Kier molecular flexibility index (Phi) is 3.85. The third kappa shape index (κ3) is 2.76. The number of thiocarbonyl (C=S) groups is 1. The highest BCUT2D eigenvalue weighted by Crippen LogP contribution is 2.44. The van der Waals surface area contributed by atoms with Gasteiger partial charge in [-0.15, -0.1) is 11.3 Å². The first kappa shape index (κ1) is 15.1. The first-order valence-corrected chi connectivity index (χ1v) is 9.44. The maximum atomic E-state index is 12.5. The average molecular weight is 348 g/mol. The number of aryl methyl sites for hydroxylation is 1. The van der Waals surface area contributed by atoms with Crippen molar-refractivity contribution >= 4 is 38.9 Å². The predicted octanol–water partition coefficient (Wildman–Crippen LogP) is 2.63. The molecule has 2 aromatic rings. The maximum Gasteiger partial charge on any atom is 0.280 e. The summed E-state index contributed by atoms with van der Waals surface area (Å²) in [6, 6.07) is 2.38. The quantitative estimate of drug-likeness (QED) is 0.835. The molecule has 2 bridgehead atoms. The van der Waals surface area contributed by atoms with Crippen molar-refractivity contribution in [2.75, 3.05) is 5.43 Å². The van der Waals surface area contributed by atoms with Crippen molar-refractivity contribution in [3.05, 3.63) is 27.6 Å². The first-order chi connectivity index (χ1) is 11.1. The third-order valence-electron chi connectivity index (χ3n) is 5.13. The molecule has 2 heterocycles. The standard InChI is InChI=1S/C16H20N4OS2/c1-2-11-7-12-14(23-11)17-8-20(15(12)21)19-16(22)18-13-6-9-3-4-10(13)5-9/h7-10,13H,2-6H2,1H3,(H2,18,19,22)/t9-,10+,13+/m1/s1. The Hall–Kier alpha value is -1.47. The van der Waals surface area contributed by atoms with Gasteiger partial charge in [-0.05, 0) is 55.8 Å². The van der Waals surface area contributed by atoms with Crippen molar-refractivity contribution in [1.82, 2.24) is 15.0 Å². The van der Waals surface area contributed by atoms with Gasteiger partial charge in [-0.1, -0.05) is 13.3 Å². The van der Waals surface area contributed by atoms with E-state index in [4.69, 9.17) is 12.2 Å². The molecule has 122 valence electrons. The van der Waals surface area contributed by atoms with Crippen molar-refractivity contribution in [3.63, 3.8) is 0 Å². The van der Waals surface area contributed by atoms with Gasteiger partial charge >= 0.3 is 0 Å². The molecule has 2 saturated carbocycles. The number of hydrogen-bond donors (Lipinski definition) is 2. The number of nitrogens with one attached hydrogen (secondary N) is 2. The SMILES string of the molecule is CCc1cc2c(=O)n(NC(=S)N[C@H]3C[C@@H]4CC[C@H]3C4)cnc2s1. The molecule has 2 aliphatic rings. The molecule has 0 spiro atoms. The minimum Gasteiger partial charge on any atom is -0.358 e. The summed E-state index contributed by atoms with van der Waals surface area (Å²) in [4.78, 5) is 18.9. The fraction of sp³-hybridized carbons (Fsp3) is 0.562. The van der Waals surface area contributed by atoms with Crippen LogP contribution in [0.15, 0.2) is 17.2 Å². The van der Waals surface area contributed by atoms with E-state index >= 15 is 0 Å². The maximum absolute atomic E-state index is 12.5. The third-order valence-corrected chi connectivity index (χ3v) is 6.52. The van der Waals surface area contributed by atoms with Gasteiger partial charge in [0, 0.05) is 10.9 Å². The van der Waals surface area contributed by atoms with Crippen LogP contribution in [0, 0.1) is 11.8 Å². The van der Waals surface area contributed by atoms with Gasteiger partial charge in [0.25, 0.3) is 5.56 Å². The van der Waals surface area contributed by atoms with Crippen LogP contribution in [0.4, 0.5) is 0 Å². The molecule has 0 radical (unpaired) electrons. The van der Waals surface area contributed by atoms with Gasteiger partial charge in [-0.2, -0.15) is 0 Å². The molecule has 2 aromatic heterocycles. The largest absolute Gasteiger partial charge is 0.358 e. The minimum absolute atomic E-state index is 0.0944. The van der Waals surface area contributed by atoms with E-state index in [2.05, 4.69) is 22.7 Å². The lowest BCUT2D eigenvalue weighted by Crippen LogP contribution is -2.45. The number of nitrogens with zero attached hydrogens (tertiary/aromatic N) is 2. The number of fused-ring (bicyclic) bond motifs is 3. The summed E-state index contributed by atoms with van der Waals surface area (Å²) in [5.74, 6) is 1.60. The molecule has 4 rings (SSSR count). The van der Waals surface area contributed by atoms with Crippen LogP contribution >= 0.6 is 23.6 Å². The van der Waals surface area contributed by atoms with E-state index in [0.29, 0.717) is 16.5 Å². The fourth-order valence-electron chi connectivity index (χ4n) is 3.96. The molecule has 0 unspecified atom stereocenters. The topological polar surface area (TPSA) is 59.0 Å². The van der Waals surface area contributed by atoms with Gasteiger partial charge in [0.1, 0.15) is 11.2 Å². The second-order valence-electron chi connectivity index (χ2n) is 6.57. The summed E-state index contributed by atoms with van der Waals surface area (Å²) in [6.45, 7) is 2.08. The van der Waals surface area contributed by atoms with Gasteiger partial charge in [0.05, 0.1) is 5.39 Å². The van der Waals surface area contributed by atoms with Crippen molar-refractivity contribution in [2.45, 2.75) is 45.1 Å². The Labute approximate surface area is 144 Å². The van der Waals surface area contributed by atoms with Crippen LogP contribution in [0.25, 0.3) is 10.2 Å². The lowest BCUT2D eigenvalue weighted by atomic mass is 9.96. The fourth-order valence-corrected chi connectivity index (χ4v) is 5.13. The van der Waals surface area contributed by atoms with Crippen LogP contribution in [-0.4, -0.2) is 20.8 Å². The van der Waals surface area contributed by atoms with Crippen LogP contribution in [0.5, 0.6) is 0 Å². The number of aromatic nitrogens is 2. The molecule has 7 heteroatoms. The monoisotopic (exact) mass is 348 g/mol. The predicted molar refractivity (Wildman–Crippen MR) is 97.6 cm³/mol. The van der Waals surface area contributed by atoms with E-state index in [1.54, 1.807) is 11.3 Å². The molecule has 2 N–H and O–H groups in total. The van der Waals surface area contributed by atoms with E-state index in [9.17, 15) is 4.79 Å². The van der Waals surface area contributed by atoms with Crippen LogP contribution in [0.2, 0.25) is 0 Å². The number of rotatable bonds is 3. The average Bonchev–Trinajstić information content (AvgIpc) is 3.24. The first-order valence-electron chi connectivity index (χ1n) is 8.21. The molecular formula is C16H20N4OS2. The minimum atomic E-state index is -0.0944. The van der Waals surface area contributed by atoms with Crippen LogP contribution in [-0.2, 0) is 6.42 Å². The van der Waals surface area contributed by atoms with Gasteiger partial charge in [0.15, 0.2) is 5.11 Å². The van der Waals surface area contributed by atoms with Crippen LogP contribution in [0.3, 0.4) is 0 Å². The lowest BCUT2D eigenvalue weighted by Gasteiger charge is -2.24. The smallest absolute Gasteiger partial charge is 0.280 e. The van der Waals surface area contributed by atoms with Crippen molar-refractivity contribution in [3.8, 4) is 0 Å². The second-order valence-corrected chi connectivity index (χ2v) is 8.09. The summed E-state index contributed by atoms with van der Waals surface area (Å²) in [7, 11) is 0. The summed E-state index contributed by atoms with van der Waals surface area (Å²) in [5, 5.41) is 4.55. The molecule has 2 fully saturated rings. The van der Waals surface area contributed by atoms with E-state index in [1.165, 1.54) is 41.6 Å². The molecular weight excluding hydrogens is 328 g/mol. The van der Waals surface area contributed by atoms with Gasteiger partial charge in [0.2, 0.25) is 0 Å². The highest BCUT2D eigenvalue weighted by molar-refractivity contribution is 7.80. The molecule has 0 aliphatic heterocycles. The zero-order valence-corrected chi connectivity index (χ0v) is 14.7. The number of hydrogen-bond acceptors (Lipinski definition) is 4. The van der Waals surface area contributed by atoms with E-state index in [0.717, 1.165) is 23.1 Å². The Morgan fingerprint density at radius 1 is 1.48 bits per heavy atom. The van der Waals surface area contributed by atoms with Crippen LogP contribution in [0.1, 0.15) is 37.5 Å². The number of thiophene rings is 1. The molecule has 2 aliphatic carbocycles. The Balaban J connectivity index is 1.49. The lowest BCUT2D eigenvalue weighted by molar-refractivity contribution is 0.391. The summed E-state index contributed by atoms with van der Waals surface area (Å²) >= 11 is 6.96. The summed E-state index contributed by atoms with van der Waals surface area (Å²) < 4.78 is 1.39. The molecule has 0 saturated heterocycles. The van der Waals surface area contributed by atoms with E-state index < -0.39 is 0 Å². The van der Waals surface area contributed by atoms with Crippen molar-refractivity contribution < 1.29 is 0 Å². The zero-order valence-electron chi connectivity index (χ0n) is 13.0. The van der Waals surface area contributed by atoms with E-state index in [1.807, 2.05) is 6.07 Å². The summed E-state index contributed by atoms with van der Waals surface area (Å²) in [5.41, 5.74) is 2.89. The summed E-state index contributed by atoms with van der Waals surface area (Å²) in [6.07, 6.45) is 7.62. The molecule has 0 amide bonds. The Bertz CT molecular complexity index is 812. The normalized spacial score (nSPS) is 25.9. The second kappa shape index (κ2) is 5.87. The van der Waals surface area contributed by atoms with E-state index in [-0.39, 0.29) is 5.56 Å². The van der Waals surface area contributed by atoms with Crippen molar-refractivity contribution in [2.24, 2.45) is 11.8 Å². The highest BCUT2D eigenvalue weighted by Gasteiger charge is 2.39. The Morgan fingerprint density at radius 3 is 3.04 bits per heavy atom. The zero-order chi connectivity index (χ0) is 16.0.